The topological polar surface area (TPSA) is 25.8 Å². The van der Waals surface area contributed by atoms with Crippen LogP contribution in [0, 0.1) is 5.92 Å². The third-order valence-corrected chi connectivity index (χ3v) is 12.0. The Morgan fingerprint density at radius 3 is 1.32 bits per heavy atom. The van der Waals surface area contributed by atoms with Gasteiger partial charge >= 0.3 is 0 Å². The van der Waals surface area contributed by atoms with Crippen molar-refractivity contribution < 1.29 is 0 Å². The number of aromatic nitrogens is 2. The molecule has 0 atom stereocenters. The highest BCUT2D eigenvalue weighted by Gasteiger charge is 2.46. The third kappa shape index (κ3) is 6.67. The minimum atomic E-state index is -0.433. The van der Waals surface area contributed by atoms with Gasteiger partial charge in [0.2, 0.25) is 0 Å². The average molecular weight is 757 g/mol. The number of benzene rings is 7. The highest BCUT2D eigenvalue weighted by Crippen LogP contribution is 2.56. The van der Waals surface area contributed by atoms with Crippen LogP contribution in [-0.2, 0) is 11.8 Å². The maximum Gasteiger partial charge on any atom is 0.0713 e. The highest BCUT2D eigenvalue weighted by atomic mass is 14.6. The van der Waals surface area contributed by atoms with Gasteiger partial charge in [-0.2, -0.15) is 0 Å². The van der Waals surface area contributed by atoms with Crippen LogP contribution in [0.5, 0.6) is 0 Å². The van der Waals surface area contributed by atoms with Crippen LogP contribution < -0.4 is 0 Å². The summed E-state index contributed by atoms with van der Waals surface area (Å²) in [5.74, 6) is 0.609. The van der Waals surface area contributed by atoms with E-state index in [0.29, 0.717) is 5.92 Å². The Morgan fingerprint density at radius 2 is 0.831 bits per heavy atom. The molecule has 0 aliphatic heterocycles. The summed E-state index contributed by atoms with van der Waals surface area (Å²) in [7, 11) is 0. The Kier molecular flexibility index (Phi) is 9.39. The van der Waals surface area contributed by atoms with Crippen molar-refractivity contribution in [3.8, 4) is 66.8 Å². The molecule has 7 aromatic carbocycles. The molecular formula is C57H44N2. The molecule has 0 unspecified atom stereocenters. The smallest absolute Gasteiger partial charge is 0.0713 e. The van der Waals surface area contributed by atoms with Gasteiger partial charge in [-0.3, -0.25) is 9.97 Å². The molecule has 2 aromatic heterocycles. The summed E-state index contributed by atoms with van der Waals surface area (Å²) in [4.78, 5) is 8.78. The molecule has 1 aliphatic carbocycles. The average Bonchev–Trinajstić information content (AvgIpc) is 3.61. The predicted octanol–water partition coefficient (Wildman–Crippen LogP) is 14.4. The lowest BCUT2D eigenvalue weighted by Gasteiger charge is -2.34. The van der Waals surface area contributed by atoms with Gasteiger partial charge in [-0.05, 0) is 132 Å². The molecule has 0 saturated carbocycles. The molecular weight excluding hydrogens is 713 g/mol. The molecule has 0 fully saturated rings. The minimum absolute atomic E-state index is 0.433. The van der Waals surface area contributed by atoms with E-state index in [2.05, 4.69) is 200 Å². The lowest BCUT2D eigenvalue weighted by atomic mass is 9.67. The van der Waals surface area contributed by atoms with E-state index >= 15 is 0 Å². The zero-order valence-electron chi connectivity index (χ0n) is 33.4. The van der Waals surface area contributed by atoms with Crippen LogP contribution in [0.4, 0.5) is 0 Å². The number of hydrogen-bond donors (Lipinski definition) is 0. The summed E-state index contributed by atoms with van der Waals surface area (Å²) in [6, 6.07) is 69.5. The van der Waals surface area contributed by atoms with Crippen molar-refractivity contribution in [3.63, 3.8) is 0 Å². The maximum absolute atomic E-state index is 4.39. The SMILES string of the molecule is CC(C)Cc1ccc(C2(c3cccc(-c4ccc(-c5ccc(-c6cc(-c7cccnc7)cc(-c7cccnc7)c6)cc5)cc4)c3)c3ccccc3-c3ccccc32)cc1. The van der Waals surface area contributed by atoms with Gasteiger partial charge in [0.25, 0.3) is 0 Å². The van der Waals surface area contributed by atoms with E-state index < -0.39 is 5.41 Å². The first-order valence-corrected chi connectivity index (χ1v) is 20.6. The minimum Gasteiger partial charge on any atom is -0.264 e. The van der Waals surface area contributed by atoms with Crippen molar-refractivity contribution in [2.45, 2.75) is 25.7 Å². The van der Waals surface area contributed by atoms with Gasteiger partial charge in [-0.1, -0.05) is 166 Å². The van der Waals surface area contributed by atoms with Gasteiger partial charge in [0.1, 0.15) is 0 Å². The van der Waals surface area contributed by atoms with E-state index in [4.69, 9.17) is 0 Å². The first-order valence-electron chi connectivity index (χ1n) is 20.6. The van der Waals surface area contributed by atoms with Crippen molar-refractivity contribution in [2.75, 3.05) is 0 Å². The van der Waals surface area contributed by atoms with Gasteiger partial charge in [0.05, 0.1) is 5.41 Å². The Morgan fingerprint density at radius 1 is 0.373 bits per heavy atom. The van der Waals surface area contributed by atoms with Crippen LogP contribution in [0.1, 0.15) is 41.7 Å². The Hall–Kier alpha value is -7.16. The Bertz CT molecular complexity index is 2790. The molecule has 2 heteroatoms. The normalized spacial score (nSPS) is 12.6. The quantitative estimate of drug-likeness (QED) is 0.147. The van der Waals surface area contributed by atoms with E-state index in [9.17, 15) is 0 Å². The molecule has 10 rings (SSSR count). The molecule has 282 valence electrons. The van der Waals surface area contributed by atoms with Crippen LogP contribution in [-0.4, -0.2) is 9.97 Å². The lowest BCUT2D eigenvalue weighted by Crippen LogP contribution is -2.28. The van der Waals surface area contributed by atoms with Crippen molar-refractivity contribution in [3.05, 3.63) is 241 Å². The largest absolute Gasteiger partial charge is 0.264 e. The zero-order valence-corrected chi connectivity index (χ0v) is 33.4. The van der Waals surface area contributed by atoms with Crippen LogP contribution in [0.25, 0.3) is 66.8 Å². The van der Waals surface area contributed by atoms with E-state index in [0.717, 1.165) is 39.8 Å². The fourth-order valence-corrected chi connectivity index (χ4v) is 9.22. The van der Waals surface area contributed by atoms with E-state index in [-0.39, 0.29) is 0 Å². The molecule has 0 spiro atoms. The zero-order chi connectivity index (χ0) is 39.8. The molecule has 2 nitrogen and oxygen atoms in total. The van der Waals surface area contributed by atoms with Gasteiger partial charge in [-0.25, -0.2) is 0 Å². The van der Waals surface area contributed by atoms with Gasteiger partial charge < -0.3 is 0 Å². The lowest BCUT2D eigenvalue weighted by molar-refractivity contribution is 0.646. The van der Waals surface area contributed by atoms with E-state index in [1.165, 1.54) is 61.2 Å². The molecule has 0 N–H and O–H groups in total. The standard InChI is InChI=1S/C57H44N2/c1-39(2)32-40-18-28-51(29-19-40)57(55-16-5-3-14-53(55)54-15-4-6-17-56(54)57)52-13-7-10-45(36-52)43-24-20-41(21-25-43)42-22-26-44(27-23-42)48-33-49(46-11-8-30-58-37-46)35-50(34-48)47-12-9-31-59-38-47/h3-31,33-39H,32H2,1-2H3. The summed E-state index contributed by atoms with van der Waals surface area (Å²) in [5.41, 5.74) is 20.4. The molecule has 0 bridgehead atoms. The molecule has 0 radical (unpaired) electrons. The molecule has 0 amide bonds. The van der Waals surface area contributed by atoms with Crippen LogP contribution in [0.3, 0.4) is 0 Å². The molecule has 9 aromatic rings. The highest BCUT2D eigenvalue weighted by molar-refractivity contribution is 5.87. The van der Waals surface area contributed by atoms with Crippen molar-refractivity contribution in [2.24, 2.45) is 5.92 Å². The van der Waals surface area contributed by atoms with Crippen molar-refractivity contribution in [1.82, 2.24) is 9.97 Å². The fourth-order valence-electron chi connectivity index (χ4n) is 9.22. The second-order valence-corrected chi connectivity index (χ2v) is 16.2. The van der Waals surface area contributed by atoms with Crippen molar-refractivity contribution in [1.29, 1.82) is 0 Å². The van der Waals surface area contributed by atoms with E-state index in [1.807, 2.05) is 36.9 Å². The second-order valence-electron chi connectivity index (χ2n) is 16.2. The number of nitrogens with zero attached hydrogens (tertiary/aromatic N) is 2. The summed E-state index contributed by atoms with van der Waals surface area (Å²) in [6.45, 7) is 4.58. The number of pyridine rings is 2. The van der Waals surface area contributed by atoms with Gasteiger partial charge in [0, 0.05) is 35.9 Å². The summed E-state index contributed by atoms with van der Waals surface area (Å²) in [6.07, 6.45) is 8.55. The van der Waals surface area contributed by atoms with Crippen LogP contribution in [0.15, 0.2) is 213 Å². The van der Waals surface area contributed by atoms with Gasteiger partial charge in [0.15, 0.2) is 0 Å². The first-order chi connectivity index (χ1) is 29.0. The monoisotopic (exact) mass is 756 g/mol. The Labute approximate surface area is 347 Å². The first kappa shape index (κ1) is 36.2. The van der Waals surface area contributed by atoms with Gasteiger partial charge in [-0.15, -0.1) is 0 Å². The maximum atomic E-state index is 4.39. The molecule has 59 heavy (non-hydrogen) atoms. The van der Waals surface area contributed by atoms with Crippen LogP contribution >= 0.6 is 0 Å². The number of fused-ring (bicyclic) bond motifs is 3. The van der Waals surface area contributed by atoms with E-state index in [1.54, 1.807) is 0 Å². The molecule has 1 aliphatic rings. The summed E-state index contributed by atoms with van der Waals surface area (Å²) < 4.78 is 0. The number of hydrogen-bond acceptors (Lipinski definition) is 2. The second kappa shape index (κ2) is 15.3. The van der Waals surface area contributed by atoms with Crippen molar-refractivity contribution >= 4 is 0 Å². The molecule has 2 heterocycles. The summed E-state index contributed by atoms with van der Waals surface area (Å²) in [5, 5.41) is 0. The molecule has 0 saturated heterocycles. The third-order valence-electron chi connectivity index (χ3n) is 12.0. The number of rotatable bonds is 9. The summed E-state index contributed by atoms with van der Waals surface area (Å²) >= 11 is 0. The van der Waals surface area contributed by atoms with Crippen LogP contribution in [0.2, 0.25) is 0 Å². The predicted molar refractivity (Wildman–Crippen MR) is 245 cm³/mol. The Balaban J connectivity index is 0.991. The fraction of sp³-hybridized carbons (Fsp3) is 0.0877.